The first kappa shape index (κ1) is 13.4. The van der Waals surface area contributed by atoms with Crippen LogP contribution in [0.1, 0.15) is 17.7 Å². The molecule has 0 aliphatic carbocycles. The Morgan fingerprint density at radius 2 is 2.06 bits per heavy atom. The lowest BCUT2D eigenvalue weighted by molar-refractivity contribution is -0.388. The van der Waals surface area contributed by atoms with Crippen molar-refractivity contribution < 1.29 is 22.1 Å². The summed E-state index contributed by atoms with van der Waals surface area (Å²) < 4.78 is 47.2. The average Bonchev–Trinajstić information content (AvgIpc) is 2.14. The van der Waals surface area contributed by atoms with E-state index in [1.54, 1.807) is 0 Å². The third-order valence-electron chi connectivity index (χ3n) is 1.97. The molecular weight excluding hydrogens is 260 g/mol. The molecular formula is C7H7F2N3O4S. The highest BCUT2D eigenvalue weighted by molar-refractivity contribution is 7.89. The Bertz CT molecular complexity index is 573. The highest BCUT2D eigenvalue weighted by Crippen LogP contribution is 2.31. The Hall–Kier alpha value is -1.68. The van der Waals surface area contributed by atoms with Gasteiger partial charge in [-0.3, -0.25) is 10.1 Å². The van der Waals surface area contributed by atoms with Gasteiger partial charge in [0, 0.05) is 5.56 Å². The van der Waals surface area contributed by atoms with E-state index in [0.29, 0.717) is 6.20 Å². The Kier molecular flexibility index (Phi) is 3.38. The van der Waals surface area contributed by atoms with Gasteiger partial charge in [0.2, 0.25) is 10.0 Å². The first-order chi connectivity index (χ1) is 7.66. The molecule has 0 saturated carbocycles. The van der Waals surface area contributed by atoms with Gasteiger partial charge in [-0.15, -0.1) is 0 Å². The monoisotopic (exact) mass is 267 g/mol. The van der Waals surface area contributed by atoms with Gasteiger partial charge in [-0.1, -0.05) is 0 Å². The van der Waals surface area contributed by atoms with E-state index < -0.39 is 43.2 Å². The van der Waals surface area contributed by atoms with E-state index in [-0.39, 0.29) is 0 Å². The second kappa shape index (κ2) is 4.30. The minimum absolute atomic E-state index is 0.453. The second-order valence-electron chi connectivity index (χ2n) is 3.09. The zero-order chi connectivity index (χ0) is 13.4. The van der Waals surface area contributed by atoms with Crippen molar-refractivity contribution in [3.8, 4) is 0 Å². The highest BCUT2D eigenvalue weighted by atomic mass is 32.2. The summed E-state index contributed by atoms with van der Waals surface area (Å²) in [5.74, 6) is 0. The van der Waals surface area contributed by atoms with Gasteiger partial charge in [0.05, 0.1) is 4.92 Å². The van der Waals surface area contributed by atoms with E-state index in [4.69, 9.17) is 5.14 Å². The van der Waals surface area contributed by atoms with Crippen molar-refractivity contribution in [2.24, 2.45) is 5.14 Å². The molecule has 0 unspecified atom stereocenters. The fourth-order valence-electron chi connectivity index (χ4n) is 1.30. The van der Waals surface area contributed by atoms with Gasteiger partial charge in [0.1, 0.15) is 11.9 Å². The smallest absolute Gasteiger partial charge is 0.258 e. The van der Waals surface area contributed by atoms with E-state index >= 15 is 0 Å². The van der Waals surface area contributed by atoms with E-state index in [0.717, 1.165) is 6.92 Å². The third-order valence-corrected chi connectivity index (χ3v) is 3.06. The maximum absolute atomic E-state index is 12.5. The van der Waals surface area contributed by atoms with Crippen molar-refractivity contribution in [2.75, 3.05) is 0 Å². The minimum Gasteiger partial charge on any atom is -0.258 e. The van der Waals surface area contributed by atoms with Crippen LogP contribution < -0.4 is 5.14 Å². The summed E-state index contributed by atoms with van der Waals surface area (Å²) in [7, 11) is -4.48. The van der Waals surface area contributed by atoms with Crippen molar-refractivity contribution in [1.29, 1.82) is 0 Å². The number of aromatic nitrogens is 1. The predicted molar refractivity (Wildman–Crippen MR) is 52.0 cm³/mol. The fourth-order valence-corrected chi connectivity index (χ4v) is 2.25. The van der Waals surface area contributed by atoms with Gasteiger partial charge < -0.3 is 0 Å². The maximum atomic E-state index is 12.5. The van der Waals surface area contributed by atoms with Crippen LogP contribution in [-0.2, 0) is 10.0 Å². The zero-order valence-corrected chi connectivity index (χ0v) is 9.24. The number of sulfonamides is 1. The van der Waals surface area contributed by atoms with Crippen LogP contribution in [0.3, 0.4) is 0 Å². The molecule has 17 heavy (non-hydrogen) atoms. The number of alkyl halides is 2. The van der Waals surface area contributed by atoms with Crippen molar-refractivity contribution in [3.05, 3.63) is 27.6 Å². The molecule has 0 saturated heterocycles. The van der Waals surface area contributed by atoms with Crippen molar-refractivity contribution in [1.82, 2.24) is 4.98 Å². The van der Waals surface area contributed by atoms with Gasteiger partial charge >= 0.3 is 5.69 Å². The summed E-state index contributed by atoms with van der Waals surface area (Å²) in [6.07, 6.45) is -2.59. The van der Waals surface area contributed by atoms with E-state index in [9.17, 15) is 27.3 Å². The maximum Gasteiger partial charge on any atom is 0.307 e. The summed E-state index contributed by atoms with van der Waals surface area (Å²) in [6, 6.07) is 0. The molecule has 0 atom stereocenters. The number of hydrogen-bond donors (Lipinski definition) is 1. The molecule has 1 aromatic rings. The molecule has 0 spiro atoms. The van der Waals surface area contributed by atoms with Crippen LogP contribution in [0, 0.1) is 17.0 Å². The summed E-state index contributed by atoms with van der Waals surface area (Å²) in [5.41, 5.74) is -2.29. The molecule has 0 fully saturated rings. The lowest BCUT2D eigenvalue weighted by Gasteiger charge is -2.08. The van der Waals surface area contributed by atoms with Gasteiger partial charge in [-0.2, -0.15) is 0 Å². The number of rotatable bonds is 3. The van der Waals surface area contributed by atoms with E-state index in [2.05, 4.69) is 4.98 Å². The largest absolute Gasteiger partial charge is 0.307 e. The number of primary sulfonamides is 1. The van der Waals surface area contributed by atoms with Crippen molar-refractivity contribution in [3.63, 3.8) is 0 Å². The first-order valence-electron chi connectivity index (χ1n) is 4.11. The molecule has 0 bridgehead atoms. The van der Waals surface area contributed by atoms with Crippen LogP contribution in [0.25, 0.3) is 0 Å². The normalized spacial score (nSPS) is 11.8. The van der Waals surface area contributed by atoms with Gasteiger partial charge in [0.25, 0.3) is 6.43 Å². The van der Waals surface area contributed by atoms with Crippen molar-refractivity contribution >= 4 is 15.7 Å². The fraction of sp³-hybridized carbons (Fsp3) is 0.286. The molecule has 10 heteroatoms. The number of nitro groups is 1. The zero-order valence-electron chi connectivity index (χ0n) is 8.42. The Labute approximate surface area is 94.5 Å². The lowest BCUT2D eigenvalue weighted by atomic mass is 10.2. The van der Waals surface area contributed by atoms with Crippen molar-refractivity contribution in [2.45, 2.75) is 18.2 Å². The minimum atomic E-state index is -4.48. The molecule has 2 N–H and O–H groups in total. The molecule has 0 radical (unpaired) electrons. The molecule has 7 nitrogen and oxygen atoms in total. The number of halogens is 2. The summed E-state index contributed by atoms with van der Waals surface area (Å²) in [4.78, 5) is 11.7. The highest BCUT2D eigenvalue weighted by Gasteiger charge is 2.30. The van der Waals surface area contributed by atoms with Crippen LogP contribution >= 0.6 is 0 Å². The van der Waals surface area contributed by atoms with Crippen LogP contribution in [0.4, 0.5) is 14.5 Å². The predicted octanol–water partition coefficient (Wildman–Crippen LogP) is 0.883. The second-order valence-corrected chi connectivity index (χ2v) is 4.58. The number of hydrogen-bond acceptors (Lipinski definition) is 5. The molecule has 0 aliphatic heterocycles. The molecule has 1 rings (SSSR count). The first-order valence-corrected chi connectivity index (χ1v) is 5.65. The van der Waals surface area contributed by atoms with Gasteiger partial charge in [0.15, 0.2) is 4.90 Å². The molecule has 1 heterocycles. The number of nitrogens with two attached hydrogens (primary N) is 1. The third kappa shape index (κ3) is 2.53. The number of nitrogens with zero attached hydrogens (tertiary/aromatic N) is 2. The Balaban J connectivity index is 3.72. The SMILES string of the molecule is Cc1c(C(F)F)ncc([N+](=O)[O-])c1S(N)(=O)=O. The molecule has 0 amide bonds. The quantitative estimate of drug-likeness (QED) is 0.644. The lowest BCUT2D eigenvalue weighted by Crippen LogP contribution is -2.17. The van der Waals surface area contributed by atoms with Crippen LogP contribution in [0.5, 0.6) is 0 Å². The van der Waals surface area contributed by atoms with Crippen LogP contribution in [0.2, 0.25) is 0 Å². The summed E-state index contributed by atoms with van der Waals surface area (Å²) >= 11 is 0. The Morgan fingerprint density at radius 3 is 2.41 bits per heavy atom. The van der Waals surface area contributed by atoms with E-state index in [1.165, 1.54) is 0 Å². The topological polar surface area (TPSA) is 116 Å². The molecule has 0 aromatic carbocycles. The van der Waals surface area contributed by atoms with Gasteiger partial charge in [-0.05, 0) is 6.92 Å². The van der Waals surface area contributed by atoms with Gasteiger partial charge in [-0.25, -0.2) is 27.3 Å². The van der Waals surface area contributed by atoms with Crippen LogP contribution in [-0.4, -0.2) is 18.3 Å². The van der Waals surface area contributed by atoms with Crippen LogP contribution in [0.15, 0.2) is 11.1 Å². The standard InChI is InChI=1S/C7H7F2N3O4S/c1-3-5(7(8)9)11-2-4(12(13)14)6(3)17(10,15)16/h2,7H,1H3,(H2,10,15,16). The summed E-state index contributed by atoms with van der Waals surface area (Å²) in [5, 5.41) is 15.3. The molecule has 94 valence electrons. The molecule has 1 aromatic heterocycles. The van der Waals surface area contributed by atoms with E-state index in [1.807, 2.05) is 0 Å². The molecule has 0 aliphatic rings. The number of pyridine rings is 1. The average molecular weight is 267 g/mol. The Morgan fingerprint density at radius 1 is 1.53 bits per heavy atom. The summed E-state index contributed by atoms with van der Waals surface area (Å²) in [6.45, 7) is 0.987.